The maximum absolute atomic E-state index is 5.90. The topological polar surface area (TPSA) is 41.3 Å². The van der Waals surface area contributed by atoms with Crippen molar-refractivity contribution in [3.8, 4) is 0 Å². The van der Waals surface area contributed by atoms with Crippen LogP contribution < -0.4 is 16.0 Å². The minimum atomic E-state index is 0.341. The van der Waals surface area contributed by atoms with Crippen LogP contribution in [-0.2, 0) is 0 Å². The van der Waals surface area contributed by atoms with Crippen LogP contribution in [0.3, 0.4) is 0 Å². The van der Waals surface area contributed by atoms with Crippen LogP contribution in [0, 0.1) is 0 Å². The number of nitrogens with one attached hydrogen (secondary N) is 1. The maximum Gasteiger partial charge on any atom is 0.0387 e. The Hall–Kier alpha value is -1.22. The summed E-state index contributed by atoms with van der Waals surface area (Å²) in [6.45, 7) is 5.13. The lowest BCUT2D eigenvalue weighted by molar-refractivity contribution is 0.752. The minimum Gasteiger partial charge on any atom is -0.385 e. The van der Waals surface area contributed by atoms with Gasteiger partial charge in [-0.3, -0.25) is 0 Å². The van der Waals surface area contributed by atoms with Gasteiger partial charge in [0.15, 0.2) is 0 Å². The largest absolute Gasteiger partial charge is 0.385 e. The summed E-state index contributed by atoms with van der Waals surface area (Å²) in [7, 11) is 0. The molecule has 3 heteroatoms. The molecular formula is C12H19N3. The van der Waals surface area contributed by atoms with Crippen molar-refractivity contribution in [1.29, 1.82) is 0 Å². The van der Waals surface area contributed by atoms with Crippen LogP contribution in [0.5, 0.6) is 0 Å². The number of hydrogen-bond donors (Lipinski definition) is 2. The van der Waals surface area contributed by atoms with Crippen LogP contribution in [0.4, 0.5) is 11.4 Å². The minimum absolute atomic E-state index is 0.341. The predicted octanol–water partition coefficient (Wildman–Crippen LogP) is 1.66. The third-order valence-corrected chi connectivity index (χ3v) is 2.82. The predicted molar refractivity (Wildman–Crippen MR) is 65.4 cm³/mol. The molecule has 0 aliphatic carbocycles. The summed E-state index contributed by atoms with van der Waals surface area (Å²) < 4.78 is 0. The molecule has 1 heterocycles. The van der Waals surface area contributed by atoms with Crippen molar-refractivity contribution in [1.82, 2.24) is 0 Å². The molecule has 1 aliphatic heterocycles. The molecule has 1 fully saturated rings. The SMILES string of the molecule is CCNc1cccc(N2CC[C@H](N)C2)c1. The van der Waals surface area contributed by atoms with Gasteiger partial charge in [-0.2, -0.15) is 0 Å². The molecule has 1 aliphatic rings. The van der Waals surface area contributed by atoms with Gasteiger partial charge in [-0.1, -0.05) is 6.07 Å². The van der Waals surface area contributed by atoms with Gasteiger partial charge in [0.25, 0.3) is 0 Å². The number of nitrogens with two attached hydrogens (primary N) is 1. The van der Waals surface area contributed by atoms with Gasteiger partial charge >= 0.3 is 0 Å². The molecule has 0 amide bonds. The van der Waals surface area contributed by atoms with Crippen molar-refractivity contribution in [3.05, 3.63) is 24.3 Å². The molecule has 1 aromatic carbocycles. The number of hydrogen-bond acceptors (Lipinski definition) is 3. The zero-order valence-corrected chi connectivity index (χ0v) is 9.24. The van der Waals surface area contributed by atoms with E-state index in [-0.39, 0.29) is 0 Å². The highest BCUT2D eigenvalue weighted by molar-refractivity contribution is 5.58. The fraction of sp³-hybridized carbons (Fsp3) is 0.500. The first kappa shape index (κ1) is 10.3. The Bertz CT molecular complexity index is 324. The molecule has 3 N–H and O–H groups in total. The summed E-state index contributed by atoms with van der Waals surface area (Å²) in [5, 5.41) is 3.32. The van der Waals surface area contributed by atoms with Crippen LogP contribution in [0.2, 0.25) is 0 Å². The van der Waals surface area contributed by atoms with Gasteiger partial charge in [-0.05, 0) is 31.5 Å². The van der Waals surface area contributed by atoms with E-state index in [4.69, 9.17) is 5.73 Å². The zero-order valence-electron chi connectivity index (χ0n) is 9.24. The molecule has 0 bridgehead atoms. The van der Waals surface area contributed by atoms with Gasteiger partial charge in [0, 0.05) is 37.1 Å². The van der Waals surface area contributed by atoms with Gasteiger partial charge in [-0.15, -0.1) is 0 Å². The quantitative estimate of drug-likeness (QED) is 0.788. The lowest BCUT2D eigenvalue weighted by Gasteiger charge is -2.19. The van der Waals surface area contributed by atoms with Gasteiger partial charge in [0.05, 0.1) is 0 Å². The van der Waals surface area contributed by atoms with Crippen molar-refractivity contribution in [2.75, 3.05) is 29.9 Å². The first-order chi connectivity index (χ1) is 7.29. The Morgan fingerprint density at radius 2 is 2.40 bits per heavy atom. The van der Waals surface area contributed by atoms with Crippen molar-refractivity contribution in [2.45, 2.75) is 19.4 Å². The Balaban J connectivity index is 2.10. The van der Waals surface area contributed by atoms with Crippen LogP contribution in [0.15, 0.2) is 24.3 Å². The fourth-order valence-electron chi connectivity index (χ4n) is 2.04. The van der Waals surface area contributed by atoms with Gasteiger partial charge in [-0.25, -0.2) is 0 Å². The average Bonchev–Trinajstić information content (AvgIpc) is 2.66. The molecule has 0 saturated carbocycles. The molecule has 0 aromatic heterocycles. The van der Waals surface area contributed by atoms with Crippen molar-refractivity contribution in [2.24, 2.45) is 5.73 Å². The van der Waals surface area contributed by atoms with E-state index in [0.717, 1.165) is 26.1 Å². The van der Waals surface area contributed by atoms with Crippen molar-refractivity contribution in [3.63, 3.8) is 0 Å². The van der Waals surface area contributed by atoms with E-state index in [2.05, 4.69) is 41.4 Å². The van der Waals surface area contributed by atoms with E-state index in [0.29, 0.717) is 6.04 Å². The fourth-order valence-corrected chi connectivity index (χ4v) is 2.04. The van der Waals surface area contributed by atoms with Crippen molar-refractivity contribution >= 4 is 11.4 Å². The van der Waals surface area contributed by atoms with Crippen LogP contribution in [-0.4, -0.2) is 25.7 Å². The maximum atomic E-state index is 5.90. The van der Waals surface area contributed by atoms with E-state index >= 15 is 0 Å². The molecule has 1 atom stereocenters. The molecule has 3 nitrogen and oxygen atoms in total. The van der Waals surface area contributed by atoms with Crippen LogP contribution in [0.1, 0.15) is 13.3 Å². The number of nitrogens with zero attached hydrogens (tertiary/aromatic N) is 1. The third-order valence-electron chi connectivity index (χ3n) is 2.82. The van der Waals surface area contributed by atoms with Gasteiger partial charge < -0.3 is 16.0 Å². The van der Waals surface area contributed by atoms with E-state index < -0.39 is 0 Å². The first-order valence-corrected chi connectivity index (χ1v) is 5.64. The van der Waals surface area contributed by atoms with Crippen molar-refractivity contribution < 1.29 is 0 Å². The molecule has 1 aromatic rings. The monoisotopic (exact) mass is 205 g/mol. The lowest BCUT2D eigenvalue weighted by atomic mass is 10.2. The summed E-state index contributed by atoms with van der Waals surface area (Å²) in [5.74, 6) is 0. The zero-order chi connectivity index (χ0) is 10.7. The molecule has 15 heavy (non-hydrogen) atoms. The molecule has 1 saturated heterocycles. The highest BCUT2D eigenvalue weighted by Gasteiger charge is 2.19. The molecular weight excluding hydrogens is 186 g/mol. The van der Waals surface area contributed by atoms with E-state index in [9.17, 15) is 0 Å². The normalized spacial score (nSPS) is 20.7. The summed E-state index contributed by atoms with van der Waals surface area (Å²) in [5.41, 5.74) is 8.37. The second-order valence-corrected chi connectivity index (χ2v) is 4.08. The third kappa shape index (κ3) is 2.42. The summed E-state index contributed by atoms with van der Waals surface area (Å²) in [4.78, 5) is 2.35. The van der Waals surface area contributed by atoms with E-state index in [1.807, 2.05) is 0 Å². The Morgan fingerprint density at radius 1 is 1.53 bits per heavy atom. The summed E-state index contributed by atoms with van der Waals surface area (Å²) >= 11 is 0. The second-order valence-electron chi connectivity index (χ2n) is 4.08. The Morgan fingerprint density at radius 3 is 3.07 bits per heavy atom. The Labute approximate surface area is 91.3 Å². The van der Waals surface area contributed by atoms with Gasteiger partial charge in [0.1, 0.15) is 0 Å². The second kappa shape index (κ2) is 4.53. The summed E-state index contributed by atoms with van der Waals surface area (Å²) in [6, 6.07) is 8.88. The highest BCUT2D eigenvalue weighted by Crippen LogP contribution is 2.22. The number of anilines is 2. The number of benzene rings is 1. The molecule has 82 valence electrons. The molecule has 2 rings (SSSR count). The van der Waals surface area contributed by atoms with E-state index in [1.54, 1.807) is 0 Å². The van der Waals surface area contributed by atoms with Gasteiger partial charge in [0.2, 0.25) is 0 Å². The average molecular weight is 205 g/mol. The standard InChI is InChI=1S/C12H19N3/c1-2-14-11-4-3-5-12(8-11)15-7-6-10(13)9-15/h3-5,8,10,14H,2,6-7,9,13H2,1H3/t10-/m0/s1. The smallest absolute Gasteiger partial charge is 0.0387 e. The Kier molecular flexibility index (Phi) is 3.11. The molecule has 0 unspecified atom stereocenters. The first-order valence-electron chi connectivity index (χ1n) is 5.64. The summed E-state index contributed by atoms with van der Waals surface area (Å²) in [6.07, 6.45) is 1.10. The number of rotatable bonds is 3. The lowest BCUT2D eigenvalue weighted by Crippen LogP contribution is -2.26. The van der Waals surface area contributed by atoms with Crippen LogP contribution >= 0.6 is 0 Å². The highest BCUT2D eigenvalue weighted by atomic mass is 15.2. The molecule has 0 radical (unpaired) electrons. The van der Waals surface area contributed by atoms with E-state index in [1.165, 1.54) is 11.4 Å². The molecule has 0 spiro atoms. The van der Waals surface area contributed by atoms with Crippen LogP contribution in [0.25, 0.3) is 0 Å².